The van der Waals surface area contributed by atoms with Crippen molar-refractivity contribution in [2.45, 2.75) is 6.42 Å². The predicted octanol–water partition coefficient (Wildman–Crippen LogP) is 4.83. The van der Waals surface area contributed by atoms with Gasteiger partial charge < -0.3 is 14.8 Å². The largest absolute Gasteiger partial charge is 0.493 e. The fourth-order valence-corrected chi connectivity index (χ4v) is 3.65. The van der Waals surface area contributed by atoms with Gasteiger partial charge in [0.15, 0.2) is 11.5 Å². The smallest absolute Gasteiger partial charge is 0.170 e. The molecule has 1 aromatic heterocycles. The molecule has 0 atom stereocenters. The Morgan fingerprint density at radius 1 is 1.12 bits per heavy atom. The van der Waals surface area contributed by atoms with E-state index in [1.54, 1.807) is 26.4 Å². The van der Waals surface area contributed by atoms with Gasteiger partial charge in [-0.2, -0.15) is 5.10 Å². The SMILES string of the molecule is COc1cccc(-c2nn(-c3cc(Cl)ccc3Cl)c3c2CCN3)c1OC. The summed E-state index contributed by atoms with van der Waals surface area (Å²) in [4.78, 5) is 0. The molecule has 0 aliphatic carbocycles. The second kappa shape index (κ2) is 6.74. The van der Waals surface area contributed by atoms with E-state index in [2.05, 4.69) is 5.32 Å². The number of hydrogen-bond acceptors (Lipinski definition) is 4. The number of methoxy groups -OCH3 is 2. The number of benzene rings is 2. The second-order valence-electron chi connectivity index (χ2n) is 5.90. The average Bonchev–Trinajstić information content (AvgIpc) is 3.25. The quantitative estimate of drug-likeness (QED) is 0.693. The van der Waals surface area contributed by atoms with Crippen LogP contribution in [0, 0.1) is 0 Å². The van der Waals surface area contributed by atoms with Gasteiger partial charge in [-0.1, -0.05) is 29.3 Å². The molecular weight excluding hydrogens is 373 g/mol. The van der Waals surface area contributed by atoms with Crippen molar-refractivity contribution in [3.8, 4) is 28.4 Å². The molecule has 0 fully saturated rings. The molecule has 5 nitrogen and oxygen atoms in total. The van der Waals surface area contributed by atoms with Crippen LogP contribution < -0.4 is 14.8 Å². The van der Waals surface area contributed by atoms with E-state index >= 15 is 0 Å². The molecular formula is C19H17Cl2N3O2. The standard InChI is InChI=1S/C19H17Cl2N3O2/c1-25-16-5-3-4-12(18(16)26-2)17-13-8-9-22-19(13)24(23-17)15-10-11(20)6-7-14(15)21/h3-7,10,22H,8-9H2,1-2H3. The third-order valence-electron chi connectivity index (χ3n) is 4.45. The van der Waals surface area contributed by atoms with Crippen molar-refractivity contribution >= 4 is 29.0 Å². The van der Waals surface area contributed by atoms with Gasteiger partial charge in [-0.15, -0.1) is 0 Å². The summed E-state index contributed by atoms with van der Waals surface area (Å²) in [5, 5.41) is 9.42. The molecule has 0 saturated heterocycles. The van der Waals surface area contributed by atoms with Crippen molar-refractivity contribution in [2.75, 3.05) is 26.1 Å². The van der Waals surface area contributed by atoms with Crippen LogP contribution in [0.5, 0.6) is 11.5 Å². The first-order chi connectivity index (χ1) is 12.6. The Hall–Kier alpha value is -2.37. The molecule has 1 N–H and O–H groups in total. The molecule has 0 unspecified atom stereocenters. The fourth-order valence-electron chi connectivity index (χ4n) is 3.29. The molecule has 1 aliphatic heterocycles. The van der Waals surface area contributed by atoms with Crippen molar-refractivity contribution in [3.63, 3.8) is 0 Å². The Morgan fingerprint density at radius 2 is 1.96 bits per heavy atom. The highest BCUT2D eigenvalue weighted by Crippen LogP contribution is 2.43. The zero-order chi connectivity index (χ0) is 18.3. The number of para-hydroxylation sites is 1. The van der Waals surface area contributed by atoms with Crippen molar-refractivity contribution < 1.29 is 9.47 Å². The van der Waals surface area contributed by atoms with E-state index in [1.165, 1.54) is 0 Å². The Morgan fingerprint density at radius 3 is 2.73 bits per heavy atom. The van der Waals surface area contributed by atoms with E-state index < -0.39 is 0 Å². The second-order valence-corrected chi connectivity index (χ2v) is 6.74. The first kappa shape index (κ1) is 17.1. The summed E-state index contributed by atoms with van der Waals surface area (Å²) in [6, 6.07) is 11.1. The van der Waals surface area contributed by atoms with Crippen LogP contribution in [-0.4, -0.2) is 30.5 Å². The zero-order valence-corrected chi connectivity index (χ0v) is 15.9. The Labute approximate surface area is 161 Å². The summed E-state index contributed by atoms with van der Waals surface area (Å²) in [6.07, 6.45) is 0.864. The van der Waals surface area contributed by atoms with Crippen LogP contribution in [0.15, 0.2) is 36.4 Å². The Kier molecular flexibility index (Phi) is 4.42. The van der Waals surface area contributed by atoms with Gasteiger partial charge >= 0.3 is 0 Å². The van der Waals surface area contributed by atoms with Crippen LogP contribution in [-0.2, 0) is 6.42 Å². The molecule has 0 saturated carbocycles. The minimum Gasteiger partial charge on any atom is -0.493 e. The molecule has 26 heavy (non-hydrogen) atoms. The lowest BCUT2D eigenvalue weighted by Gasteiger charge is -2.12. The predicted molar refractivity (Wildman–Crippen MR) is 104 cm³/mol. The molecule has 1 aliphatic rings. The molecule has 3 aromatic rings. The lowest BCUT2D eigenvalue weighted by Crippen LogP contribution is -2.05. The van der Waals surface area contributed by atoms with Gasteiger partial charge in [0.2, 0.25) is 0 Å². The van der Waals surface area contributed by atoms with E-state index in [1.807, 2.05) is 28.9 Å². The van der Waals surface area contributed by atoms with Gasteiger partial charge in [0, 0.05) is 22.7 Å². The third-order valence-corrected chi connectivity index (χ3v) is 5.00. The molecule has 2 aromatic carbocycles. The molecule has 7 heteroatoms. The van der Waals surface area contributed by atoms with Gasteiger partial charge in [-0.3, -0.25) is 0 Å². The van der Waals surface area contributed by atoms with Gasteiger partial charge in [-0.05, 0) is 36.8 Å². The highest BCUT2D eigenvalue weighted by Gasteiger charge is 2.27. The number of halogens is 2. The Bertz CT molecular complexity index is 985. The van der Waals surface area contributed by atoms with Crippen LogP contribution >= 0.6 is 23.2 Å². The number of nitrogens with zero attached hydrogens (tertiary/aromatic N) is 2. The van der Waals surface area contributed by atoms with Crippen LogP contribution in [0.25, 0.3) is 16.9 Å². The monoisotopic (exact) mass is 389 g/mol. The number of ether oxygens (including phenoxy) is 2. The average molecular weight is 390 g/mol. The van der Waals surface area contributed by atoms with Crippen LogP contribution in [0.3, 0.4) is 0 Å². The molecule has 0 radical (unpaired) electrons. The van der Waals surface area contributed by atoms with Crippen molar-refractivity contribution in [1.29, 1.82) is 0 Å². The fraction of sp³-hybridized carbons (Fsp3) is 0.211. The summed E-state index contributed by atoms with van der Waals surface area (Å²) in [6.45, 7) is 0.838. The summed E-state index contributed by atoms with van der Waals surface area (Å²) >= 11 is 12.6. The number of nitrogens with one attached hydrogen (secondary N) is 1. The lowest BCUT2D eigenvalue weighted by atomic mass is 10.1. The van der Waals surface area contributed by atoms with Gasteiger partial charge in [-0.25, -0.2) is 4.68 Å². The number of hydrogen-bond donors (Lipinski definition) is 1. The van der Waals surface area contributed by atoms with E-state index in [0.717, 1.165) is 41.3 Å². The highest BCUT2D eigenvalue weighted by molar-refractivity contribution is 6.34. The van der Waals surface area contributed by atoms with Crippen molar-refractivity contribution in [2.24, 2.45) is 0 Å². The third kappa shape index (κ3) is 2.68. The van der Waals surface area contributed by atoms with E-state index in [-0.39, 0.29) is 0 Å². The van der Waals surface area contributed by atoms with Crippen LogP contribution in [0.1, 0.15) is 5.56 Å². The van der Waals surface area contributed by atoms with Crippen LogP contribution in [0.4, 0.5) is 5.82 Å². The maximum absolute atomic E-state index is 6.40. The van der Waals surface area contributed by atoms with Gasteiger partial charge in [0.25, 0.3) is 0 Å². The van der Waals surface area contributed by atoms with Crippen molar-refractivity contribution in [1.82, 2.24) is 9.78 Å². The van der Waals surface area contributed by atoms with Crippen LogP contribution in [0.2, 0.25) is 10.0 Å². The maximum atomic E-state index is 6.40. The van der Waals surface area contributed by atoms with Gasteiger partial charge in [0.05, 0.1) is 24.9 Å². The van der Waals surface area contributed by atoms with Crippen molar-refractivity contribution in [3.05, 3.63) is 52.0 Å². The molecule has 0 amide bonds. The zero-order valence-electron chi connectivity index (χ0n) is 14.3. The summed E-state index contributed by atoms with van der Waals surface area (Å²) in [7, 11) is 3.25. The molecule has 0 spiro atoms. The minimum absolute atomic E-state index is 0.581. The molecule has 134 valence electrons. The number of anilines is 1. The summed E-state index contributed by atoms with van der Waals surface area (Å²) < 4.78 is 12.8. The highest BCUT2D eigenvalue weighted by atomic mass is 35.5. The lowest BCUT2D eigenvalue weighted by molar-refractivity contribution is 0.356. The van der Waals surface area contributed by atoms with Gasteiger partial charge in [0.1, 0.15) is 11.5 Å². The topological polar surface area (TPSA) is 48.3 Å². The number of aromatic nitrogens is 2. The number of rotatable bonds is 4. The van der Waals surface area contributed by atoms with E-state index in [9.17, 15) is 0 Å². The Balaban J connectivity index is 1.95. The summed E-state index contributed by atoms with van der Waals surface area (Å²) in [5.41, 5.74) is 3.58. The normalized spacial score (nSPS) is 12.6. The summed E-state index contributed by atoms with van der Waals surface area (Å²) in [5.74, 6) is 2.25. The molecule has 4 rings (SSSR count). The first-order valence-corrected chi connectivity index (χ1v) is 8.92. The first-order valence-electron chi connectivity index (χ1n) is 8.16. The van der Waals surface area contributed by atoms with E-state index in [4.69, 9.17) is 37.8 Å². The van der Waals surface area contributed by atoms with E-state index in [0.29, 0.717) is 21.5 Å². The molecule has 2 heterocycles. The number of fused-ring (bicyclic) bond motifs is 1. The minimum atomic E-state index is 0.581. The molecule has 0 bridgehead atoms. The maximum Gasteiger partial charge on any atom is 0.170 e.